The number of benzene rings is 15. The van der Waals surface area contributed by atoms with Gasteiger partial charge in [-0.05, 0) is 156 Å². The van der Waals surface area contributed by atoms with Gasteiger partial charge in [0.25, 0.3) is 6.71 Å². The summed E-state index contributed by atoms with van der Waals surface area (Å²) in [5.41, 5.74) is 10.0. The van der Waals surface area contributed by atoms with Crippen LogP contribution in [0.2, 0.25) is 0 Å². The zero-order valence-corrected chi connectivity index (χ0v) is 64.6. The summed E-state index contributed by atoms with van der Waals surface area (Å²) in [5.74, 6) is 0. The molecule has 8 heteroatoms. The molecule has 0 aliphatic carbocycles. The summed E-state index contributed by atoms with van der Waals surface area (Å²) >= 11 is 0. The summed E-state index contributed by atoms with van der Waals surface area (Å²) in [5, 5.41) is 1.37. The maximum absolute atomic E-state index is 10.2. The fraction of sp³-hybridized carbons (Fsp3) is 0.151. The summed E-state index contributed by atoms with van der Waals surface area (Å²) in [6, 6.07) is 35.4. The molecule has 0 saturated carbocycles. The van der Waals surface area contributed by atoms with Crippen LogP contribution in [0.3, 0.4) is 0 Å². The predicted molar refractivity (Wildman–Crippen MR) is 484 cm³/mol. The fourth-order valence-electron chi connectivity index (χ4n) is 17.6. The van der Waals surface area contributed by atoms with E-state index >= 15 is 0 Å². The summed E-state index contributed by atoms with van der Waals surface area (Å²) in [7, 11) is 0. The van der Waals surface area contributed by atoms with E-state index in [0.717, 1.165) is 44.5 Å². The topological polar surface area (TPSA) is 47.6 Å². The van der Waals surface area contributed by atoms with Crippen molar-refractivity contribution in [3.05, 3.63) is 325 Å². The molecule has 2 aliphatic rings. The van der Waals surface area contributed by atoms with E-state index < -0.39 is 152 Å². The minimum Gasteiger partial charge on any atom is -0.453 e. The van der Waals surface area contributed by atoms with Gasteiger partial charge in [-0.15, -0.1) is 0 Å². The second-order valence-electron chi connectivity index (χ2n) is 34.3. The molecule has 7 nitrogen and oxygen atoms in total. The molecule has 114 heavy (non-hydrogen) atoms. The van der Waals surface area contributed by atoms with Gasteiger partial charge in [0.1, 0.15) is 11.2 Å². The molecule has 7 heterocycles. The summed E-state index contributed by atoms with van der Waals surface area (Å²) in [6.45, 7) is 24.9. The van der Waals surface area contributed by atoms with Gasteiger partial charge in [-0.3, -0.25) is 0 Å². The van der Waals surface area contributed by atoms with E-state index in [9.17, 15) is 27.4 Å². The lowest BCUT2D eigenvalue weighted by molar-refractivity contribution is 0.568. The van der Waals surface area contributed by atoms with Crippen molar-refractivity contribution in [2.75, 3.05) is 9.80 Å². The van der Waals surface area contributed by atoms with E-state index in [1.54, 1.807) is 36.4 Å². The van der Waals surface area contributed by atoms with Gasteiger partial charge in [0, 0.05) is 99.1 Å². The van der Waals surface area contributed by atoms with Gasteiger partial charge in [0.15, 0.2) is 11.2 Å². The van der Waals surface area contributed by atoms with Crippen molar-refractivity contribution in [3.63, 3.8) is 0 Å². The third-order valence-electron chi connectivity index (χ3n) is 23.3. The highest BCUT2D eigenvalue weighted by molar-refractivity contribution is 7.00. The molecule has 0 N–H and O–H groups in total. The zero-order chi connectivity index (χ0) is 98.2. The Labute approximate surface area is 697 Å². The maximum Gasteiger partial charge on any atom is 0.252 e. The van der Waals surface area contributed by atoms with Crippen molar-refractivity contribution in [3.8, 4) is 39.3 Å². The lowest BCUT2D eigenvalue weighted by Gasteiger charge is -2.44. The number of aromatic nitrogens is 3. The summed E-state index contributed by atoms with van der Waals surface area (Å²) in [4.78, 5) is 3.89. The molecule has 0 radical (unpaired) electrons. The molecule has 0 saturated heterocycles. The number of hydrogen-bond donors (Lipinski definition) is 0. The van der Waals surface area contributed by atoms with Gasteiger partial charge in [-0.25, -0.2) is 0 Å². The Morgan fingerprint density at radius 1 is 0.263 bits per heavy atom. The van der Waals surface area contributed by atoms with Crippen molar-refractivity contribution >= 4 is 167 Å². The number of hydrogen-bond acceptors (Lipinski definition) is 4. The van der Waals surface area contributed by atoms with Crippen LogP contribution in [0.15, 0.2) is 312 Å². The monoisotopic (exact) mass is 1500 g/mol. The molecular formula is C106H86BN5O2. The van der Waals surface area contributed by atoms with Gasteiger partial charge in [-0.1, -0.05) is 301 Å². The molecule has 20 aromatic rings. The van der Waals surface area contributed by atoms with Crippen LogP contribution in [0, 0.1) is 0 Å². The molecule has 0 bridgehead atoms. The normalized spacial score (nSPS) is 16.3. The Balaban J connectivity index is 0.955. The molecule has 0 unspecified atom stereocenters. The molecule has 22 rings (SSSR count). The molecule has 0 atom stereocenters. The average molecular weight is 1500 g/mol. The van der Waals surface area contributed by atoms with Crippen LogP contribution in [0.1, 0.15) is 138 Å². The zero-order valence-electron chi connectivity index (χ0n) is 88.6. The van der Waals surface area contributed by atoms with E-state index in [-0.39, 0.29) is 127 Å². The van der Waals surface area contributed by atoms with Gasteiger partial charge in [0.05, 0.1) is 83.1 Å². The average Bonchev–Trinajstić information content (AvgIpc) is 1.47. The van der Waals surface area contributed by atoms with E-state index in [1.165, 1.54) is 13.7 Å². The fourth-order valence-corrected chi connectivity index (χ4v) is 17.6. The lowest BCUT2D eigenvalue weighted by Crippen LogP contribution is -2.61. The maximum atomic E-state index is 10.2. The van der Waals surface area contributed by atoms with E-state index in [1.807, 2.05) is 94.7 Å². The lowest BCUT2D eigenvalue weighted by atomic mass is 9.33. The Morgan fingerprint density at radius 3 is 0.860 bits per heavy atom. The van der Waals surface area contributed by atoms with Crippen molar-refractivity contribution < 1.29 is 41.7 Å². The Hall–Kier alpha value is -13.0. The SMILES string of the molecule is [2H]c1c([2H])c([2H])c2c(c1[2H])c1c([2H])c([2H])c([2H])c([2H])c1n2-c1ccc2c(c1)N(c1cccc3c1oc1c(-c4cc(C(C)(C)C)cc(C(C)(C)C)c4)cccc13)c1cc(-n3c4c([2H])c([2H])c([2H])c([2H])c4c4c([2H])c([2H])c([2H])c([2H])c43)cc3c1B2c1ccc(-n2c4c([2H])c([2H])c([2H])c([2H])c4c4c([2H])c([2H])c([2H])c([2H])c42)cc1N3c1cccc2c1oc1c(-c3cc(C(C)(C)C)cc(C(C)(C)C)c3)cccc12. The van der Waals surface area contributed by atoms with Crippen LogP contribution >= 0.6 is 0 Å². The Kier molecular flexibility index (Phi) is 10.1. The van der Waals surface area contributed by atoms with Crippen molar-refractivity contribution in [2.45, 2.75) is 105 Å². The first kappa shape index (κ1) is 47.4. The van der Waals surface area contributed by atoms with E-state index in [2.05, 4.69) is 119 Å². The number of anilines is 6. The van der Waals surface area contributed by atoms with Gasteiger partial charge >= 0.3 is 0 Å². The number of rotatable bonds is 7. The largest absolute Gasteiger partial charge is 0.453 e. The first-order valence-electron chi connectivity index (χ1n) is 50.4. The molecular weight excluding hydrogens is 1390 g/mol. The molecule has 550 valence electrons. The minimum atomic E-state index is -1.10. The van der Waals surface area contributed by atoms with Gasteiger partial charge in [0.2, 0.25) is 0 Å². The third kappa shape index (κ3) is 10.1. The number of fused-ring (bicyclic) bond motifs is 19. The van der Waals surface area contributed by atoms with E-state index in [0.29, 0.717) is 71.6 Å². The second kappa shape index (κ2) is 24.2. The van der Waals surface area contributed by atoms with Crippen LogP contribution in [-0.2, 0) is 21.7 Å². The predicted octanol–water partition coefficient (Wildman–Crippen LogP) is 27.4. The van der Waals surface area contributed by atoms with Crippen LogP contribution in [0.25, 0.3) is 149 Å². The molecule has 15 aromatic carbocycles. The number of para-hydroxylation sites is 10. The van der Waals surface area contributed by atoms with Crippen molar-refractivity contribution in [2.24, 2.45) is 0 Å². The van der Waals surface area contributed by atoms with Gasteiger partial charge < -0.3 is 32.3 Å². The van der Waals surface area contributed by atoms with Crippen LogP contribution in [0.4, 0.5) is 34.1 Å². The third-order valence-corrected chi connectivity index (χ3v) is 23.3. The number of furan rings is 2. The number of nitrogens with zero attached hydrogens (tertiary/aromatic N) is 5. The minimum absolute atomic E-state index is 0.0236. The Morgan fingerprint density at radius 2 is 0.544 bits per heavy atom. The van der Waals surface area contributed by atoms with Crippen LogP contribution in [0.5, 0.6) is 0 Å². The van der Waals surface area contributed by atoms with Crippen LogP contribution in [-0.4, -0.2) is 20.4 Å². The molecule has 2 aliphatic heterocycles. The summed E-state index contributed by atoms with van der Waals surface area (Å²) < 4.78 is 250. The first-order chi connectivity index (χ1) is 65.0. The van der Waals surface area contributed by atoms with E-state index in [4.69, 9.17) is 14.3 Å². The quantitative estimate of drug-likeness (QED) is 0.149. The summed E-state index contributed by atoms with van der Waals surface area (Å²) in [6.07, 6.45) is 0. The smallest absolute Gasteiger partial charge is 0.252 e. The van der Waals surface area contributed by atoms with Crippen molar-refractivity contribution in [1.82, 2.24) is 13.7 Å². The molecule has 0 fully saturated rings. The highest BCUT2D eigenvalue weighted by Crippen LogP contribution is 2.53. The molecule has 0 spiro atoms. The highest BCUT2D eigenvalue weighted by Gasteiger charge is 2.46. The van der Waals surface area contributed by atoms with Crippen molar-refractivity contribution in [1.29, 1.82) is 0 Å². The standard InChI is InChI=1S/C106H86BN5O2/c1-103(2,3)65-53-63(54-66(57-65)104(4,5)6)72-35-25-37-80-82-39-27-47-92(101(82)113-99(72)80)111-94-59-69(108-86-41-19-13-29-74(86)75-30-14-20-42-87(75)108)49-51-84(94)107-85-52-50-70(109-88-43-21-15-31-76(88)77-32-16-22-44-89(77)109)60-95(85)112(97-62-71(61-96(111)98(97)107)110-90-45-23-17-33-78(90)79-34-18-24-46-91(79)110)93-48-28-40-83-81-38-26-36-73(100(81)114-102(83)93)64-55-67(105(7,8)9)58-68(56-64)106(10,11)12/h13-62H,1-12H3/i13D,14D,15D,16D,17D,18D,19D,20D,21D,22D,23D,24D,29D,30D,31D,32D,33D,34D,41D,42D,43D,44D,45D,46D. The highest BCUT2D eigenvalue weighted by atomic mass is 16.3. The second-order valence-corrected chi connectivity index (χ2v) is 34.3. The molecule has 0 amide bonds. The molecule has 5 aromatic heterocycles. The first-order valence-corrected chi connectivity index (χ1v) is 38.4. The van der Waals surface area contributed by atoms with Crippen LogP contribution < -0.4 is 26.2 Å². The Bertz CT molecular complexity index is 8320. The van der Waals surface area contributed by atoms with Gasteiger partial charge in [-0.2, -0.15) is 0 Å².